The zero-order valence-electron chi connectivity index (χ0n) is 14.1. The molecule has 130 valence electrons. The first kappa shape index (κ1) is 16.2. The van der Waals surface area contributed by atoms with Crippen molar-refractivity contribution in [2.75, 3.05) is 44.2 Å². The number of rotatable bonds is 4. The summed E-state index contributed by atoms with van der Waals surface area (Å²) in [5.41, 5.74) is 0. The van der Waals surface area contributed by atoms with Gasteiger partial charge in [0.15, 0.2) is 0 Å². The molecule has 0 aliphatic carbocycles. The normalized spacial score (nSPS) is 26.1. The number of fused-ring (bicyclic) bond motifs is 1. The molecule has 1 N–H and O–H groups in total. The third-order valence-corrected chi connectivity index (χ3v) is 6.36. The quantitative estimate of drug-likeness (QED) is 0.922. The Hall–Kier alpha value is -1.24. The molecule has 2 saturated heterocycles. The number of aliphatic hydroxyl groups excluding tert-OH is 1. The summed E-state index contributed by atoms with van der Waals surface area (Å²) in [6.45, 7) is 5.71. The van der Waals surface area contributed by atoms with Crippen LogP contribution in [0.15, 0.2) is 17.8 Å². The topological polar surface area (TPSA) is 52.5 Å². The Morgan fingerprint density at radius 1 is 1.08 bits per heavy atom. The Kier molecular flexibility index (Phi) is 4.96. The third kappa shape index (κ3) is 3.27. The second-order valence-electron chi connectivity index (χ2n) is 7.16. The van der Waals surface area contributed by atoms with E-state index in [-0.39, 0.29) is 6.61 Å². The minimum absolute atomic E-state index is 0.271. The number of nitrogens with zero attached hydrogens (tertiary/aromatic N) is 4. The molecule has 2 aliphatic rings. The number of hydrogen-bond acceptors (Lipinski definition) is 6. The maximum atomic E-state index is 9.88. The Morgan fingerprint density at radius 3 is 2.67 bits per heavy atom. The van der Waals surface area contributed by atoms with E-state index in [1.165, 1.54) is 38.8 Å². The fourth-order valence-corrected chi connectivity index (χ4v) is 4.93. The van der Waals surface area contributed by atoms with Gasteiger partial charge in [-0.25, -0.2) is 9.97 Å². The molecule has 0 bridgehead atoms. The van der Waals surface area contributed by atoms with Crippen molar-refractivity contribution >= 4 is 27.4 Å². The third-order valence-electron chi connectivity index (χ3n) is 5.54. The van der Waals surface area contributed by atoms with Crippen LogP contribution in [-0.4, -0.2) is 59.3 Å². The van der Waals surface area contributed by atoms with Gasteiger partial charge in [0.05, 0.1) is 5.39 Å². The van der Waals surface area contributed by atoms with Crippen molar-refractivity contribution in [2.24, 2.45) is 11.8 Å². The molecule has 4 heterocycles. The predicted octanol–water partition coefficient (Wildman–Crippen LogP) is 2.61. The summed E-state index contributed by atoms with van der Waals surface area (Å²) in [6, 6.07) is 2.12. The van der Waals surface area contributed by atoms with Gasteiger partial charge in [-0.2, -0.15) is 0 Å². The fraction of sp³-hybridized carbons (Fsp3) is 0.667. The lowest BCUT2D eigenvalue weighted by atomic mass is 9.96. The highest BCUT2D eigenvalue weighted by molar-refractivity contribution is 7.16. The van der Waals surface area contributed by atoms with Gasteiger partial charge in [0.25, 0.3) is 0 Å². The van der Waals surface area contributed by atoms with Gasteiger partial charge < -0.3 is 14.9 Å². The number of aromatic nitrogens is 2. The van der Waals surface area contributed by atoms with Crippen LogP contribution in [0.3, 0.4) is 0 Å². The van der Waals surface area contributed by atoms with Crippen LogP contribution in [0.5, 0.6) is 0 Å². The molecule has 0 unspecified atom stereocenters. The van der Waals surface area contributed by atoms with E-state index in [1.54, 1.807) is 17.7 Å². The van der Waals surface area contributed by atoms with E-state index in [9.17, 15) is 5.11 Å². The molecule has 2 aliphatic heterocycles. The summed E-state index contributed by atoms with van der Waals surface area (Å²) in [5, 5.41) is 13.1. The molecule has 2 fully saturated rings. The lowest BCUT2D eigenvalue weighted by Crippen LogP contribution is -2.34. The number of likely N-dealkylation sites (tertiary alicyclic amines) is 1. The average molecular weight is 347 g/mol. The minimum atomic E-state index is 0.271. The zero-order chi connectivity index (χ0) is 16.4. The lowest BCUT2D eigenvalue weighted by molar-refractivity contribution is 0.165. The van der Waals surface area contributed by atoms with Crippen molar-refractivity contribution < 1.29 is 5.11 Å². The van der Waals surface area contributed by atoms with E-state index >= 15 is 0 Å². The first-order valence-corrected chi connectivity index (χ1v) is 9.99. The Balaban J connectivity index is 1.50. The molecular weight excluding hydrogens is 320 g/mol. The Bertz CT molecular complexity index is 668. The predicted molar refractivity (Wildman–Crippen MR) is 98.6 cm³/mol. The molecular formula is C18H26N4OS. The standard InChI is InChI=1S/C18H26N4OS/c23-12-15-11-22(17-16-5-8-24-18(16)20-13-19-17)10-14(15)9-21-6-3-1-2-4-7-21/h5,8,13-15,23H,1-4,6-7,9-12H2/t14-,15-/m1/s1. The number of hydrogen-bond donors (Lipinski definition) is 1. The Labute approximate surface area is 147 Å². The van der Waals surface area contributed by atoms with Crippen LogP contribution in [0.4, 0.5) is 5.82 Å². The SMILES string of the molecule is OC[C@H]1CN(c2ncnc3sccc23)C[C@H]1CN1CCCCCC1. The first-order valence-electron chi connectivity index (χ1n) is 9.11. The molecule has 0 spiro atoms. The van der Waals surface area contributed by atoms with Gasteiger partial charge in [0.2, 0.25) is 0 Å². The first-order chi connectivity index (χ1) is 11.8. The molecule has 4 rings (SSSR count). The van der Waals surface area contributed by atoms with Gasteiger partial charge >= 0.3 is 0 Å². The second-order valence-corrected chi connectivity index (χ2v) is 8.05. The highest BCUT2D eigenvalue weighted by Gasteiger charge is 2.34. The molecule has 0 aromatic carbocycles. The highest BCUT2D eigenvalue weighted by Crippen LogP contribution is 2.33. The van der Waals surface area contributed by atoms with Crippen molar-refractivity contribution in [3.63, 3.8) is 0 Å². The molecule has 0 amide bonds. The van der Waals surface area contributed by atoms with Crippen LogP contribution in [0, 0.1) is 11.8 Å². The van der Waals surface area contributed by atoms with Gasteiger partial charge in [0, 0.05) is 32.2 Å². The molecule has 5 nitrogen and oxygen atoms in total. The van der Waals surface area contributed by atoms with Gasteiger partial charge in [-0.1, -0.05) is 12.8 Å². The number of thiophene rings is 1. The van der Waals surface area contributed by atoms with Gasteiger partial charge in [-0.05, 0) is 43.3 Å². The van der Waals surface area contributed by atoms with Gasteiger partial charge in [0.1, 0.15) is 17.0 Å². The van der Waals surface area contributed by atoms with Crippen LogP contribution in [0.25, 0.3) is 10.2 Å². The maximum Gasteiger partial charge on any atom is 0.140 e. The van der Waals surface area contributed by atoms with Gasteiger partial charge in [-0.15, -0.1) is 11.3 Å². The maximum absolute atomic E-state index is 9.88. The van der Waals surface area contributed by atoms with Crippen molar-refractivity contribution in [3.05, 3.63) is 17.8 Å². The summed E-state index contributed by atoms with van der Waals surface area (Å²) in [6.07, 6.45) is 7.05. The van der Waals surface area contributed by atoms with Crippen molar-refractivity contribution in [1.29, 1.82) is 0 Å². The van der Waals surface area contributed by atoms with Crippen LogP contribution in [0.2, 0.25) is 0 Å². The number of anilines is 1. The molecule has 6 heteroatoms. The van der Waals surface area contributed by atoms with Crippen LogP contribution >= 0.6 is 11.3 Å². The second kappa shape index (κ2) is 7.33. The summed E-state index contributed by atoms with van der Waals surface area (Å²) < 4.78 is 0. The summed E-state index contributed by atoms with van der Waals surface area (Å²) in [7, 11) is 0. The van der Waals surface area contributed by atoms with E-state index in [0.717, 1.165) is 35.7 Å². The summed E-state index contributed by atoms with van der Waals surface area (Å²) >= 11 is 1.66. The van der Waals surface area contributed by atoms with Crippen LogP contribution < -0.4 is 4.90 Å². The molecule has 24 heavy (non-hydrogen) atoms. The minimum Gasteiger partial charge on any atom is -0.396 e. The smallest absolute Gasteiger partial charge is 0.140 e. The largest absolute Gasteiger partial charge is 0.396 e. The Morgan fingerprint density at radius 2 is 1.88 bits per heavy atom. The van der Waals surface area contributed by atoms with Crippen molar-refractivity contribution in [1.82, 2.24) is 14.9 Å². The van der Waals surface area contributed by atoms with Crippen LogP contribution in [-0.2, 0) is 0 Å². The molecule has 2 aromatic heterocycles. The van der Waals surface area contributed by atoms with Crippen molar-refractivity contribution in [3.8, 4) is 0 Å². The molecule has 0 saturated carbocycles. The fourth-order valence-electron chi connectivity index (χ4n) is 4.20. The highest BCUT2D eigenvalue weighted by atomic mass is 32.1. The molecule has 0 radical (unpaired) electrons. The van der Waals surface area contributed by atoms with E-state index in [1.807, 2.05) is 0 Å². The van der Waals surface area contributed by atoms with E-state index in [4.69, 9.17) is 0 Å². The van der Waals surface area contributed by atoms with E-state index in [2.05, 4.69) is 31.2 Å². The monoisotopic (exact) mass is 346 g/mol. The zero-order valence-corrected chi connectivity index (χ0v) is 14.9. The van der Waals surface area contributed by atoms with Crippen molar-refractivity contribution in [2.45, 2.75) is 25.7 Å². The summed E-state index contributed by atoms with van der Waals surface area (Å²) in [5.74, 6) is 1.91. The number of aliphatic hydroxyl groups is 1. The van der Waals surface area contributed by atoms with E-state index in [0.29, 0.717) is 11.8 Å². The summed E-state index contributed by atoms with van der Waals surface area (Å²) in [4.78, 5) is 14.9. The van der Waals surface area contributed by atoms with Crippen LogP contribution in [0.1, 0.15) is 25.7 Å². The van der Waals surface area contributed by atoms with Gasteiger partial charge in [-0.3, -0.25) is 0 Å². The molecule has 2 aromatic rings. The lowest BCUT2D eigenvalue weighted by Gasteiger charge is -2.26. The average Bonchev–Trinajstić information content (AvgIpc) is 3.16. The molecule has 2 atom stereocenters. The van der Waals surface area contributed by atoms with E-state index < -0.39 is 0 Å².